The molecule has 2 aromatic heterocycles. The summed E-state index contributed by atoms with van der Waals surface area (Å²) < 4.78 is 12.9. The van der Waals surface area contributed by atoms with Crippen LogP contribution in [0.15, 0.2) is 53.2 Å². The van der Waals surface area contributed by atoms with Gasteiger partial charge in [0.05, 0.1) is 12.1 Å². The average Bonchev–Trinajstić information content (AvgIpc) is 3.38. The zero-order valence-electron chi connectivity index (χ0n) is 18.4. The third kappa shape index (κ3) is 5.05. The molecule has 0 saturated carbocycles. The smallest absolute Gasteiger partial charge is 0.279 e. The number of nitrogens with zero attached hydrogens (tertiary/aromatic N) is 3. The van der Waals surface area contributed by atoms with E-state index in [0.717, 1.165) is 22.4 Å². The van der Waals surface area contributed by atoms with Crippen LogP contribution < -0.4 is 10.1 Å². The molecule has 0 spiro atoms. The fourth-order valence-corrected chi connectivity index (χ4v) is 3.82. The topological polar surface area (TPSA) is 82.2 Å². The van der Waals surface area contributed by atoms with Crippen LogP contribution in [0.2, 0.25) is 10.0 Å². The Morgan fingerprint density at radius 3 is 2.55 bits per heavy atom. The Kier molecular flexibility index (Phi) is 6.72. The minimum Gasteiger partial charge on any atom is -0.488 e. The molecule has 1 amide bonds. The lowest BCUT2D eigenvalue weighted by molar-refractivity contribution is 0.101. The van der Waals surface area contributed by atoms with Crippen LogP contribution in [0, 0.1) is 20.8 Å². The van der Waals surface area contributed by atoms with E-state index in [1.807, 2.05) is 32.0 Å². The first-order chi connectivity index (χ1) is 15.8. The van der Waals surface area contributed by atoms with Gasteiger partial charge in [-0.15, -0.1) is 0 Å². The molecule has 0 unspecified atom stereocenters. The van der Waals surface area contributed by atoms with Gasteiger partial charge in [0.2, 0.25) is 0 Å². The van der Waals surface area contributed by atoms with Gasteiger partial charge in [-0.2, -0.15) is 5.10 Å². The predicted octanol–water partition coefficient (Wildman–Crippen LogP) is 5.98. The predicted molar refractivity (Wildman–Crippen MR) is 127 cm³/mol. The fourth-order valence-electron chi connectivity index (χ4n) is 3.31. The number of carbonyl (C=O) groups is 1. The van der Waals surface area contributed by atoms with Gasteiger partial charge in [0, 0.05) is 27.9 Å². The molecular weight excluding hydrogens is 463 g/mol. The van der Waals surface area contributed by atoms with Gasteiger partial charge in [-0.05, 0) is 50.1 Å². The van der Waals surface area contributed by atoms with E-state index in [9.17, 15) is 4.79 Å². The van der Waals surface area contributed by atoms with Crippen LogP contribution in [0.3, 0.4) is 0 Å². The normalized spacial score (nSPS) is 10.9. The Balaban J connectivity index is 1.46. The molecule has 4 aromatic rings. The maximum absolute atomic E-state index is 12.9. The first-order valence-electron chi connectivity index (χ1n) is 10.3. The second kappa shape index (κ2) is 9.68. The number of hydrogen-bond acceptors (Lipinski definition) is 5. The van der Waals surface area contributed by atoms with Crippen molar-refractivity contribution in [2.45, 2.75) is 33.9 Å². The molecule has 0 aliphatic rings. The molecule has 170 valence electrons. The number of ether oxygens (including phenoxy) is 1. The maximum Gasteiger partial charge on any atom is 0.279 e. The molecule has 0 radical (unpaired) electrons. The van der Waals surface area contributed by atoms with Gasteiger partial charge >= 0.3 is 0 Å². The van der Waals surface area contributed by atoms with Crippen molar-refractivity contribution < 1.29 is 14.1 Å². The molecule has 2 aromatic carbocycles. The first kappa shape index (κ1) is 22.9. The molecule has 1 N–H and O–H groups in total. The number of hydrogen-bond donors (Lipinski definition) is 1. The number of aromatic nitrogens is 3. The number of halogens is 2. The summed E-state index contributed by atoms with van der Waals surface area (Å²) in [6.07, 6.45) is 1.73. The summed E-state index contributed by atoms with van der Waals surface area (Å²) in [5, 5.41) is 12.2. The zero-order valence-corrected chi connectivity index (χ0v) is 19.9. The number of benzene rings is 2. The molecular formula is C24H22Cl2N4O3. The lowest BCUT2D eigenvalue weighted by Crippen LogP contribution is -2.16. The van der Waals surface area contributed by atoms with Crippen molar-refractivity contribution in [1.29, 1.82) is 0 Å². The summed E-state index contributed by atoms with van der Waals surface area (Å²) in [5.74, 6) is 1.20. The van der Waals surface area contributed by atoms with Crippen molar-refractivity contribution in [1.82, 2.24) is 14.9 Å². The largest absolute Gasteiger partial charge is 0.488 e. The van der Waals surface area contributed by atoms with Gasteiger partial charge < -0.3 is 14.6 Å². The average molecular weight is 485 g/mol. The van der Waals surface area contributed by atoms with Crippen LogP contribution in [0.4, 0.5) is 5.82 Å². The van der Waals surface area contributed by atoms with E-state index in [1.54, 1.807) is 42.1 Å². The van der Waals surface area contributed by atoms with E-state index in [2.05, 4.69) is 15.6 Å². The standard InChI is InChI=1S/C24H22Cl2N4O3/c1-14-6-4-9-21(15(14)2)32-13-18-16(3)33-29-23(18)24(31)27-22-10-11-30(28-22)12-17-19(25)7-5-8-20(17)26/h4-11H,12-13H2,1-3H3,(H,27,28,31). The number of carbonyl (C=O) groups excluding carboxylic acids is 1. The van der Waals surface area contributed by atoms with E-state index < -0.39 is 5.91 Å². The molecule has 7 nitrogen and oxygen atoms in total. The Hall–Kier alpha value is -3.29. The molecule has 4 rings (SSSR count). The Bertz CT molecular complexity index is 1290. The number of aryl methyl sites for hydroxylation is 2. The first-order valence-corrected chi connectivity index (χ1v) is 11.0. The highest BCUT2D eigenvalue weighted by atomic mass is 35.5. The van der Waals surface area contributed by atoms with E-state index >= 15 is 0 Å². The molecule has 2 heterocycles. The van der Waals surface area contributed by atoms with Gasteiger partial charge in [-0.3, -0.25) is 9.48 Å². The summed E-state index contributed by atoms with van der Waals surface area (Å²) in [6, 6.07) is 12.8. The summed E-state index contributed by atoms with van der Waals surface area (Å²) in [5.41, 5.74) is 3.65. The van der Waals surface area contributed by atoms with Crippen molar-refractivity contribution >= 4 is 34.9 Å². The lowest BCUT2D eigenvalue weighted by atomic mass is 10.1. The van der Waals surface area contributed by atoms with Gasteiger partial charge in [0.25, 0.3) is 5.91 Å². The number of nitrogens with one attached hydrogen (secondary N) is 1. The van der Waals surface area contributed by atoms with Crippen molar-refractivity contribution in [2.75, 3.05) is 5.32 Å². The summed E-state index contributed by atoms with van der Waals surface area (Å²) in [4.78, 5) is 12.9. The third-order valence-electron chi connectivity index (χ3n) is 5.39. The summed E-state index contributed by atoms with van der Waals surface area (Å²) in [6.45, 7) is 6.28. The monoisotopic (exact) mass is 484 g/mol. The summed E-state index contributed by atoms with van der Waals surface area (Å²) >= 11 is 12.5. The van der Waals surface area contributed by atoms with E-state index in [0.29, 0.717) is 33.7 Å². The fraction of sp³-hybridized carbons (Fsp3) is 0.208. The van der Waals surface area contributed by atoms with Gasteiger partial charge in [-0.1, -0.05) is 46.6 Å². The molecule has 0 aliphatic carbocycles. The number of rotatable bonds is 7. The van der Waals surface area contributed by atoms with Crippen molar-refractivity contribution in [3.8, 4) is 5.75 Å². The minimum absolute atomic E-state index is 0.154. The highest BCUT2D eigenvalue weighted by Crippen LogP contribution is 2.26. The molecule has 33 heavy (non-hydrogen) atoms. The second-order valence-electron chi connectivity index (χ2n) is 7.61. The van der Waals surface area contributed by atoms with Crippen LogP contribution in [0.1, 0.15) is 38.5 Å². The van der Waals surface area contributed by atoms with Crippen LogP contribution in [-0.2, 0) is 13.2 Å². The lowest BCUT2D eigenvalue weighted by Gasteiger charge is -2.11. The summed E-state index contributed by atoms with van der Waals surface area (Å²) in [7, 11) is 0. The molecule has 0 aliphatic heterocycles. The van der Waals surface area contributed by atoms with E-state index in [1.165, 1.54) is 0 Å². The zero-order chi connectivity index (χ0) is 23.5. The Labute approximate surface area is 201 Å². The van der Waals surface area contributed by atoms with Crippen LogP contribution in [0.25, 0.3) is 0 Å². The van der Waals surface area contributed by atoms with Crippen molar-refractivity contribution in [3.63, 3.8) is 0 Å². The maximum atomic E-state index is 12.9. The van der Waals surface area contributed by atoms with Crippen LogP contribution in [-0.4, -0.2) is 20.8 Å². The van der Waals surface area contributed by atoms with Gasteiger partial charge in [0.1, 0.15) is 18.1 Å². The van der Waals surface area contributed by atoms with Crippen LogP contribution >= 0.6 is 23.2 Å². The van der Waals surface area contributed by atoms with E-state index in [-0.39, 0.29) is 12.3 Å². The second-order valence-corrected chi connectivity index (χ2v) is 8.42. The van der Waals surface area contributed by atoms with Gasteiger partial charge in [0.15, 0.2) is 11.5 Å². The molecule has 9 heteroatoms. The number of anilines is 1. The Morgan fingerprint density at radius 2 is 1.79 bits per heavy atom. The number of amides is 1. The van der Waals surface area contributed by atoms with Gasteiger partial charge in [-0.25, -0.2) is 0 Å². The van der Waals surface area contributed by atoms with E-state index in [4.69, 9.17) is 32.5 Å². The minimum atomic E-state index is -0.438. The molecule has 0 bridgehead atoms. The van der Waals surface area contributed by atoms with Crippen molar-refractivity contribution in [2.24, 2.45) is 0 Å². The third-order valence-corrected chi connectivity index (χ3v) is 6.10. The SMILES string of the molecule is Cc1cccc(OCc2c(C(=O)Nc3ccn(Cc4c(Cl)cccc4Cl)n3)noc2C)c1C. The van der Waals surface area contributed by atoms with Crippen LogP contribution in [0.5, 0.6) is 5.75 Å². The molecule has 0 fully saturated rings. The highest BCUT2D eigenvalue weighted by molar-refractivity contribution is 6.35. The van der Waals surface area contributed by atoms with Crippen molar-refractivity contribution in [3.05, 3.63) is 92.4 Å². The Morgan fingerprint density at radius 1 is 1.06 bits per heavy atom. The quantitative estimate of drug-likeness (QED) is 0.348. The molecule has 0 saturated heterocycles. The highest BCUT2D eigenvalue weighted by Gasteiger charge is 2.21. The molecule has 0 atom stereocenters.